The number of rotatable bonds is 10. The van der Waals surface area contributed by atoms with Gasteiger partial charge >= 0.3 is 0 Å². The van der Waals surface area contributed by atoms with Crippen LogP contribution in [-0.2, 0) is 10.8 Å². The van der Waals surface area contributed by atoms with Gasteiger partial charge < -0.3 is 0 Å². The van der Waals surface area contributed by atoms with Gasteiger partial charge in [0.05, 0.1) is 33.6 Å². The van der Waals surface area contributed by atoms with Crippen LogP contribution < -0.4 is 0 Å². The first kappa shape index (κ1) is 47.0. The molecule has 0 amide bonds. The summed E-state index contributed by atoms with van der Waals surface area (Å²) in [4.78, 5) is 11.0. The summed E-state index contributed by atoms with van der Waals surface area (Å²) in [5.74, 6) is 0. The lowest BCUT2D eigenvalue weighted by molar-refractivity contribution is 0.768. The van der Waals surface area contributed by atoms with Gasteiger partial charge in [0.25, 0.3) is 0 Å². The Hall–Kier alpha value is -10.3. The average molecular weight is 1020 g/mol. The molecule has 2 aliphatic rings. The summed E-state index contributed by atoms with van der Waals surface area (Å²) in [6.07, 6.45) is 0. The van der Waals surface area contributed by atoms with Crippen molar-refractivity contribution >= 4 is 0 Å². The van der Waals surface area contributed by atoms with Gasteiger partial charge in [-0.1, -0.05) is 273 Å². The lowest BCUT2D eigenvalue weighted by Crippen LogP contribution is -2.28. The van der Waals surface area contributed by atoms with E-state index in [2.05, 4.69) is 315 Å². The molecule has 2 aromatic heterocycles. The second-order valence-electron chi connectivity index (χ2n) is 21.1. The molecule has 2 nitrogen and oxygen atoms in total. The molecule has 0 fully saturated rings. The van der Waals surface area contributed by atoms with Crippen LogP contribution in [0.1, 0.15) is 44.5 Å². The third kappa shape index (κ3) is 7.56. The van der Waals surface area contributed by atoms with E-state index >= 15 is 0 Å². The molecule has 15 rings (SSSR count). The number of hydrogen-bond donors (Lipinski definition) is 0. The van der Waals surface area contributed by atoms with Crippen LogP contribution in [0.15, 0.2) is 315 Å². The van der Waals surface area contributed by atoms with Gasteiger partial charge in [-0.25, -0.2) is 9.97 Å². The van der Waals surface area contributed by atoms with E-state index in [1.165, 1.54) is 66.8 Å². The third-order valence-corrected chi connectivity index (χ3v) is 16.8. The Morgan fingerprint density at radius 1 is 0.175 bits per heavy atom. The van der Waals surface area contributed by atoms with Gasteiger partial charge in [-0.15, -0.1) is 0 Å². The van der Waals surface area contributed by atoms with Crippen LogP contribution in [0.25, 0.3) is 89.5 Å². The fraction of sp³-hybridized carbons (Fsp3) is 0.0256. The Morgan fingerprint density at radius 3 is 0.825 bits per heavy atom. The molecule has 374 valence electrons. The molecule has 2 heterocycles. The van der Waals surface area contributed by atoms with Gasteiger partial charge in [-0.05, 0) is 131 Å². The summed E-state index contributed by atoms with van der Waals surface area (Å²) in [5.41, 5.74) is 26.3. The van der Waals surface area contributed by atoms with Gasteiger partial charge in [0.2, 0.25) is 0 Å². The molecule has 0 saturated carbocycles. The second-order valence-corrected chi connectivity index (χ2v) is 21.1. The van der Waals surface area contributed by atoms with Gasteiger partial charge in [-0.2, -0.15) is 0 Å². The van der Waals surface area contributed by atoms with E-state index < -0.39 is 10.8 Å². The summed E-state index contributed by atoms with van der Waals surface area (Å²) >= 11 is 0. The van der Waals surface area contributed by atoms with Crippen molar-refractivity contribution in [3.05, 3.63) is 360 Å². The summed E-state index contributed by atoms with van der Waals surface area (Å²) in [7, 11) is 0. The number of aromatic nitrogens is 2. The highest BCUT2D eigenvalue weighted by Gasteiger charge is 2.47. The highest BCUT2D eigenvalue weighted by atomic mass is 14.7. The standard InChI is InChI=1S/C78H52N2/c1-7-24-53(25-8-1)73-49-59(51-75(79-73)57-42-44-67-65-38-19-21-40-69(65)77(71(67)47-57,61-30-11-3-12-31-61)62-32-13-4-14-33-62)55-28-23-29-56(46-55)60-50-74(54-26-9-2-10-27-54)80-76(52-60)58-43-45-68-66-39-20-22-41-70(66)78(72(68)48-58,63-34-15-5-16-35-63)64-36-17-6-18-37-64/h1-52H. The quantitative estimate of drug-likeness (QED) is 0.136. The van der Waals surface area contributed by atoms with Crippen LogP contribution in [-0.4, -0.2) is 9.97 Å². The van der Waals surface area contributed by atoms with E-state index in [4.69, 9.17) is 9.97 Å². The van der Waals surface area contributed by atoms with Crippen LogP contribution >= 0.6 is 0 Å². The van der Waals surface area contributed by atoms with E-state index in [-0.39, 0.29) is 0 Å². The van der Waals surface area contributed by atoms with Crippen molar-refractivity contribution in [1.82, 2.24) is 9.97 Å². The molecule has 11 aromatic carbocycles. The zero-order valence-corrected chi connectivity index (χ0v) is 43.9. The van der Waals surface area contributed by atoms with Crippen LogP contribution in [0.2, 0.25) is 0 Å². The summed E-state index contributed by atoms with van der Waals surface area (Å²) in [6.45, 7) is 0. The predicted octanol–water partition coefficient (Wildman–Crippen LogP) is 19.2. The fourth-order valence-corrected chi connectivity index (χ4v) is 13.3. The molecule has 0 atom stereocenters. The van der Waals surface area contributed by atoms with Crippen molar-refractivity contribution < 1.29 is 0 Å². The maximum atomic E-state index is 5.52. The number of nitrogens with zero attached hydrogens (tertiary/aromatic N) is 2. The highest BCUT2D eigenvalue weighted by Crippen LogP contribution is 2.58. The minimum Gasteiger partial charge on any atom is -0.248 e. The molecule has 0 saturated heterocycles. The van der Waals surface area contributed by atoms with E-state index in [1.54, 1.807) is 0 Å². The Morgan fingerprint density at radius 2 is 0.463 bits per heavy atom. The predicted molar refractivity (Wildman–Crippen MR) is 329 cm³/mol. The van der Waals surface area contributed by atoms with Crippen molar-refractivity contribution in [2.24, 2.45) is 0 Å². The van der Waals surface area contributed by atoms with Crippen molar-refractivity contribution in [2.75, 3.05) is 0 Å². The lowest BCUT2D eigenvalue weighted by atomic mass is 9.67. The summed E-state index contributed by atoms with van der Waals surface area (Å²) in [5, 5.41) is 0. The number of fused-ring (bicyclic) bond motifs is 6. The third-order valence-electron chi connectivity index (χ3n) is 16.8. The number of pyridine rings is 2. The SMILES string of the molecule is c1ccc(-c2cc(-c3cccc(-c4cc(-c5ccccc5)nc(-c5ccc6c(c5)C(c5ccccc5)(c5ccccc5)c5ccccc5-6)c4)c3)cc(-c3ccc4c(c3)C(c3ccccc3)(c3ccccc3)c3ccccc3-4)n2)cc1. The molecule has 2 aliphatic carbocycles. The number of hydrogen-bond acceptors (Lipinski definition) is 2. The van der Waals surface area contributed by atoms with Crippen LogP contribution in [0.5, 0.6) is 0 Å². The van der Waals surface area contributed by atoms with Crippen molar-refractivity contribution in [3.63, 3.8) is 0 Å². The summed E-state index contributed by atoms with van der Waals surface area (Å²) < 4.78 is 0. The first-order valence-corrected chi connectivity index (χ1v) is 27.6. The Kier molecular flexibility index (Phi) is 11.3. The highest BCUT2D eigenvalue weighted by molar-refractivity contribution is 5.91. The maximum absolute atomic E-state index is 5.52. The minimum absolute atomic E-state index is 0.529. The molecule has 80 heavy (non-hydrogen) atoms. The van der Waals surface area contributed by atoms with Crippen LogP contribution in [0.3, 0.4) is 0 Å². The van der Waals surface area contributed by atoms with E-state index in [0.717, 1.165) is 67.3 Å². The lowest BCUT2D eigenvalue weighted by Gasteiger charge is -2.34. The van der Waals surface area contributed by atoms with Crippen molar-refractivity contribution in [2.45, 2.75) is 10.8 Å². The van der Waals surface area contributed by atoms with Crippen molar-refractivity contribution in [1.29, 1.82) is 0 Å². The molecule has 0 aliphatic heterocycles. The topological polar surface area (TPSA) is 25.8 Å². The Bertz CT molecular complexity index is 4070. The molecule has 13 aromatic rings. The molecule has 0 radical (unpaired) electrons. The smallest absolute Gasteiger partial charge is 0.0715 e. The van der Waals surface area contributed by atoms with Crippen LogP contribution in [0.4, 0.5) is 0 Å². The van der Waals surface area contributed by atoms with Gasteiger partial charge in [0.1, 0.15) is 0 Å². The molecule has 0 spiro atoms. The average Bonchev–Trinajstić information content (AvgIpc) is 4.18. The zero-order chi connectivity index (χ0) is 53.0. The van der Waals surface area contributed by atoms with E-state index in [9.17, 15) is 0 Å². The minimum atomic E-state index is -0.529. The zero-order valence-electron chi connectivity index (χ0n) is 43.9. The monoisotopic (exact) mass is 1020 g/mol. The number of benzene rings is 11. The molecule has 0 unspecified atom stereocenters. The van der Waals surface area contributed by atoms with Gasteiger partial charge in [0, 0.05) is 22.3 Å². The largest absolute Gasteiger partial charge is 0.248 e. The fourth-order valence-electron chi connectivity index (χ4n) is 13.3. The first-order chi connectivity index (χ1) is 39.6. The molecule has 0 bridgehead atoms. The van der Waals surface area contributed by atoms with Gasteiger partial charge in [0.15, 0.2) is 0 Å². The van der Waals surface area contributed by atoms with E-state index in [0.29, 0.717) is 0 Å². The Labute approximate surface area is 467 Å². The maximum Gasteiger partial charge on any atom is 0.0715 e. The van der Waals surface area contributed by atoms with Crippen molar-refractivity contribution in [3.8, 4) is 89.5 Å². The van der Waals surface area contributed by atoms with Crippen LogP contribution in [0, 0.1) is 0 Å². The van der Waals surface area contributed by atoms with E-state index in [1.807, 2.05) is 0 Å². The molecular formula is C78H52N2. The summed E-state index contributed by atoms with van der Waals surface area (Å²) in [6, 6.07) is 115. The Balaban J connectivity index is 0.889. The van der Waals surface area contributed by atoms with Gasteiger partial charge in [-0.3, -0.25) is 0 Å². The normalized spacial score (nSPS) is 13.2. The molecule has 0 N–H and O–H groups in total. The second kappa shape index (κ2) is 19.3. The first-order valence-electron chi connectivity index (χ1n) is 27.6. The molecular weight excluding hydrogens is 965 g/mol. The molecule has 2 heteroatoms.